The molecule has 0 radical (unpaired) electrons. The van der Waals surface area contributed by atoms with Gasteiger partial charge in [0.1, 0.15) is 5.69 Å². The van der Waals surface area contributed by atoms with Gasteiger partial charge in [-0.3, -0.25) is 4.79 Å². The van der Waals surface area contributed by atoms with Gasteiger partial charge in [0.05, 0.1) is 19.8 Å². The van der Waals surface area contributed by atoms with E-state index in [0.717, 1.165) is 0 Å². The van der Waals surface area contributed by atoms with Crippen molar-refractivity contribution in [3.05, 3.63) is 17.5 Å². The van der Waals surface area contributed by atoms with Crippen molar-refractivity contribution in [2.45, 2.75) is 6.92 Å². The number of ether oxygens (including phenoxy) is 2. The summed E-state index contributed by atoms with van der Waals surface area (Å²) in [5, 5.41) is 2.68. The van der Waals surface area contributed by atoms with E-state index in [9.17, 15) is 4.79 Å². The molecule has 3 N–H and O–H groups in total. The van der Waals surface area contributed by atoms with Gasteiger partial charge in [0, 0.05) is 19.3 Å². The lowest BCUT2D eigenvalue weighted by Crippen LogP contribution is -2.28. The van der Waals surface area contributed by atoms with Gasteiger partial charge in [0.25, 0.3) is 5.91 Å². The zero-order valence-electron chi connectivity index (χ0n) is 10.6. The normalized spacial score (nSPS) is 10.3. The Labute approximate surface area is 106 Å². The summed E-state index contributed by atoms with van der Waals surface area (Å²) in [6.07, 6.45) is 0. The van der Waals surface area contributed by atoms with Gasteiger partial charge in [-0.1, -0.05) is 0 Å². The minimum Gasteiger partial charge on any atom is -0.382 e. The average Bonchev–Trinajstić information content (AvgIpc) is 2.32. The molecule has 0 aromatic carbocycles. The monoisotopic (exact) mass is 254 g/mol. The van der Waals surface area contributed by atoms with Crippen LogP contribution in [0.3, 0.4) is 0 Å². The Morgan fingerprint density at radius 2 is 2.17 bits per heavy atom. The van der Waals surface area contributed by atoms with Crippen molar-refractivity contribution in [2.24, 2.45) is 0 Å². The molecule has 1 amide bonds. The fourth-order valence-corrected chi connectivity index (χ4v) is 1.28. The maximum atomic E-state index is 11.7. The molecule has 0 aliphatic rings. The highest BCUT2D eigenvalue weighted by Crippen LogP contribution is 2.01. The van der Waals surface area contributed by atoms with E-state index < -0.39 is 0 Å². The Morgan fingerprint density at radius 3 is 2.83 bits per heavy atom. The number of nitrogen functional groups attached to an aromatic ring is 1. The van der Waals surface area contributed by atoms with Gasteiger partial charge in [-0.05, 0) is 13.0 Å². The van der Waals surface area contributed by atoms with Crippen molar-refractivity contribution in [1.82, 2.24) is 15.3 Å². The van der Waals surface area contributed by atoms with E-state index in [1.165, 1.54) is 0 Å². The molecule has 0 saturated carbocycles. The van der Waals surface area contributed by atoms with Gasteiger partial charge in [-0.25, -0.2) is 9.97 Å². The van der Waals surface area contributed by atoms with Crippen LogP contribution in [0.25, 0.3) is 0 Å². The van der Waals surface area contributed by atoms with Crippen LogP contribution in [0, 0.1) is 6.92 Å². The summed E-state index contributed by atoms with van der Waals surface area (Å²) in [7, 11) is 1.60. The van der Waals surface area contributed by atoms with E-state index in [4.69, 9.17) is 15.2 Å². The second-order valence-electron chi connectivity index (χ2n) is 3.61. The summed E-state index contributed by atoms with van der Waals surface area (Å²) < 4.78 is 10.0. The Hall–Kier alpha value is -1.73. The number of hydrogen-bond acceptors (Lipinski definition) is 6. The number of nitrogens with zero attached hydrogens (tertiary/aromatic N) is 2. The van der Waals surface area contributed by atoms with Gasteiger partial charge in [0.15, 0.2) is 0 Å². The number of carbonyl (C=O) groups is 1. The summed E-state index contributed by atoms with van der Waals surface area (Å²) in [5.74, 6) is -0.195. The molecule has 0 unspecified atom stereocenters. The van der Waals surface area contributed by atoms with Crippen molar-refractivity contribution in [2.75, 3.05) is 39.2 Å². The quantitative estimate of drug-likeness (QED) is 0.651. The Kier molecular flexibility index (Phi) is 6.03. The number of aromatic nitrogens is 2. The summed E-state index contributed by atoms with van der Waals surface area (Å²) >= 11 is 0. The van der Waals surface area contributed by atoms with Gasteiger partial charge in [-0.15, -0.1) is 0 Å². The Morgan fingerprint density at radius 1 is 1.39 bits per heavy atom. The third-order valence-electron chi connectivity index (χ3n) is 2.07. The fourth-order valence-electron chi connectivity index (χ4n) is 1.28. The van der Waals surface area contributed by atoms with Crippen LogP contribution < -0.4 is 11.1 Å². The molecule has 1 aromatic rings. The molecule has 18 heavy (non-hydrogen) atoms. The highest BCUT2D eigenvalue weighted by Gasteiger charge is 2.08. The second kappa shape index (κ2) is 7.57. The smallest absolute Gasteiger partial charge is 0.270 e. The van der Waals surface area contributed by atoms with Crippen molar-refractivity contribution in [3.63, 3.8) is 0 Å². The molecule has 0 aliphatic heterocycles. The first-order valence-electron chi connectivity index (χ1n) is 5.59. The number of hydrogen-bond donors (Lipinski definition) is 2. The minimum absolute atomic E-state index is 0.0940. The molecular weight excluding hydrogens is 236 g/mol. The summed E-state index contributed by atoms with van der Waals surface area (Å²) in [4.78, 5) is 19.5. The number of aryl methyl sites for hydroxylation is 1. The number of nitrogens with two attached hydrogens (primary N) is 1. The van der Waals surface area contributed by atoms with Crippen LogP contribution in [-0.4, -0.2) is 49.4 Å². The van der Waals surface area contributed by atoms with Gasteiger partial charge >= 0.3 is 0 Å². The summed E-state index contributed by atoms with van der Waals surface area (Å²) in [6, 6.07) is 1.58. The molecule has 1 rings (SSSR count). The predicted molar refractivity (Wildman–Crippen MR) is 66.2 cm³/mol. The van der Waals surface area contributed by atoms with Gasteiger partial charge < -0.3 is 20.5 Å². The lowest BCUT2D eigenvalue weighted by atomic mass is 10.3. The molecule has 0 spiro atoms. The lowest BCUT2D eigenvalue weighted by Gasteiger charge is -2.06. The molecule has 1 heterocycles. The Bertz CT molecular complexity index is 378. The molecule has 0 saturated heterocycles. The molecule has 0 atom stereocenters. The largest absolute Gasteiger partial charge is 0.382 e. The highest BCUT2D eigenvalue weighted by molar-refractivity contribution is 5.92. The van der Waals surface area contributed by atoms with Crippen molar-refractivity contribution < 1.29 is 14.3 Å². The minimum atomic E-state index is -0.289. The molecule has 0 bridgehead atoms. The first kappa shape index (κ1) is 14.3. The summed E-state index contributed by atoms with van der Waals surface area (Å²) in [6.45, 7) is 3.63. The van der Waals surface area contributed by atoms with Gasteiger partial charge in [0.2, 0.25) is 5.95 Å². The predicted octanol–water partition coefficient (Wildman–Crippen LogP) is -0.240. The number of amides is 1. The van der Waals surface area contributed by atoms with Crippen molar-refractivity contribution in [3.8, 4) is 0 Å². The van der Waals surface area contributed by atoms with E-state index in [1.54, 1.807) is 20.1 Å². The Balaban J connectivity index is 2.32. The molecule has 7 nitrogen and oxygen atoms in total. The van der Waals surface area contributed by atoms with Crippen molar-refractivity contribution >= 4 is 11.9 Å². The van der Waals surface area contributed by atoms with Crippen LogP contribution in [0.5, 0.6) is 0 Å². The number of rotatable bonds is 7. The number of methoxy groups -OCH3 is 1. The first-order chi connectivity index (χ1) is 8.63. The molecular formula is C11H18N4O3. The van der Waals surface area contributed by atoms with E-state index in [-0.39, 0.29) is 17.5 Å². The molecule has 0 fully saturated rings. The topological polar surface area (TPSA) is 99.4 Å². The zero-order chi connectivity index (χ0) is 13.4. The third kappa shape index (κ3) is 5.07. The van der Waals surface area contributed by atoms with Crippen LogP contribution in [0.15, 0.2) is 6.07 Å². The third-order valence-corrected chi connectivity index (χ3v) is 2.07. The standard InChI is InChI=1S/C11H18N4O3/c1-8-7-9(15-11(12)14-8)10(16)13-3-4-18-6-5-17-2/h7H,3-6H2,1-2H3,(H,13,16)(H2,12,14,15). The van der Waals surface area contributed by atoms with Crippen LogP contribution >= 0.6 is 0 Å². The van der Waals surface area contributed by atoms with Crippen LogP contribution in [0.2, 0.25) is 0 Å². The van der Waals surface area contributed by atoms with E-state index >= 15 is 0 Å². The maximum Gasteiger partial charge on any atom is 0.270 e. The molecule has 0 aliphatic carbocycles. The maximum absolute atomic E-state index is 11.7. The SMILES string of the molecule is COCCOCCNC(=O)c1cc(C)nc(N)n1. The average molecular weight is 254 g/mol. The van der Waals surface area contributed by atoms with Crippen LogP contribution in [-0.2, 0) is 9.47 Å². The van der Waals surface area contributed by atoms with E-state index in [2.05, 4.69) is 15.3 Å². The summed E-state index contributed by atoms with van der Waals surface area (Å²) in [5.41, 5.74) is 6.38. The van der Waals surface area contributed by atoms with Crippen molar-refractivity contribution in [1.29, 1.82) is 0 Å². The number of nitrogens with one attached hydrogen (secondary N) is 1. The number of carbonyl (C=O) groups excluding carboxylic acids is 1. The van der Waals surface area contributed by atoms with Crippen LogP contribution in [0.1, 0.15) is 16.2 Å². The molecule has 7 heteroatoms. The second-order valence-corrected chi connectivity index (χ2v) is 3.61. The molecule has 1 aromatic heterocycles. The molecule has 100 valence electrons. The van der Waals surface area contributed by atoms with E-state index in [0.29, 0.717) is 32.1 Å². The van der Waals surface area contributed by atoms with E-state index in [1.807, 2.05) is 0 Å². The first-order valence-corrected chi connectivity index (χ1v) is 5.59. The van der Waals surface area contributed by atoms with Crippen LogP contribution in [0.4, 0.5) is 5.95 Å². The highest BCUT2D eigenvalue weighted by atomic mass is 16.5. The fraction of sp³-hybridized carbons (Fsp3) is 0.545. The number of anilines is 1. The lowest BCUT2D eigenvalue weighted by molar-refractivity contribution is 0.0692. The van der Waals surface area contributed by atoms with Gasteiger partial charge in [-0.2, -0.15) is 0 Å². The zero-order valence-corrected chi connectivity index (χ0v) is 10.6.